The van der Waals surface area contributed by atoms with Crippen LogP contribution in [0.1, 0.15) is 12.1 Å². The number of benzene rings is 1. The molecule has 0 aliphatic rings. The number of thiazole rings is 1. The van der Waals surface area contributed by atoms with E-state index in [2.05, 4.69) is 22.5 Å². The first-order valence-corrected chi connectivity index (χ1v) is 5.98. The summed E-state index contributed by atoms with van der Waals surface area (Å²) in [4.78, 5) is 4.58. The summed E-state index contributed by atoms with van der Waals surface area (Å²) >= 11 is 1.70. The Labute approximate surface area is 93.8 Å². The SMILES string of the molecule is NCCCc1csc(-c2ccccc2)n1. The number of nitrogens with zero attached hydrogens (tertiary/aromatic N) is 1. The molecule has 2 aromatic rings. The van der Waals surface area contributed by atoms with E-state index in [1.54, 1.807) is 11.3 Å². The van der Waals surface area contributed by atoms with Crippen molar-refractivity contribution in [1.29, 1.82) is 0 Å². The predicted octanol–water partition coefficient (Wildman–Crippen LogP) is 2.70. The second kappa shape index (κ2) is 5.05. The molecule has 1 heterocycles. The molecule has 1 aromatic carbocycles. The highest BCUT2D eigenvalue weighted by Gasteiger charge is 2.03. The normalized spacial score (nSPS) is 10.5. The summed E-state index contributed by atoms with van der Waals surface area (Å²) in [5.41, 5.74) is 7.82. The van der Waals surface area contributed by atoms with Gasteiger partial charge >= 0.3 is 0 Å². The average Bonchev–Trinajstić information content (AvgIpc) is 2.76. The van der Waals surface area contributed by atoms with Crippen LogP contribution in [0, 0.1) is 0 Å². The summed E-state index contributed by atoms with van der Waals surface area (Å²) in [5.74, 6) is 0. The molecule has 0 radical (unpaired) electrons. The Bertz CT molecular complexity index is 409. The van der Waals surface area contributed by atoms with E-state index in [-0.39, 0.29) is 0 Å². The van der Waals surface area contributed by atoms with Gasteiger partial charge in [-0.25, -0.2) is 4.98 Å². The van der Waals surface area contributed by atoms with E-state index in [4.69, 9.17) is 5.73 Å². The van der Waals surface area contributed by atoms with Crippen molar-refractivity contribution in [3.8, 4) is 10.6 Å². The zero-order chi connectivity index (χ0) is 10.5. The van der Waals surface area contributed by atoms with Crippen LogP contribution in [-0.4, -0.2) is 11.5 Å². The smallest absolute Gasteiger partial charge is 0.123 e. The maximum Gasteiger partial charge on any atom is 0.123 e. The predicted molar refractivity (Wildman–Crippen MR) is 64.9 cm³/mol. The van der Waals surface area contributed by atoms with E-state index in [0.29, 0.717) is 0 Å². The van der Waals surface area contributed by atoms with Crippen LogP contribution in [-0.2, 0) is 6.42 Å². The Kier molecular flexibility index (Phi) is 3.48. The number of hydrogen-bond acceptors (Lipinski definition) is 3. The molecule has 0 saturated heterocycles. The minimum absolute atomic E-state index is 0.734. The Morgan fingerprint density at radius 3 is 2.73 bits per heavy atom. The lowest BCUT2D eigenvalue weighted by Gasteiger charge is -1.94. The van der Waals surface area contributed by atoms with E-state index < -0.39 is 0 Å². The molecule has 0 bridgehead atoms. The van der Waals surface area contributed by atoms with Crippen LogP contribution in [0.5, 0.6) is 0 Å². The van der Waals surface area contributed by atoms with Crippen molar-refractivity contribution < 1.29 is 0 Å². The van der Waals surface area contributed by atoms with Gasteiger partial charge in [-0.1, -0.05) is 30.3 Å². The molecule has 2 N–H and O–H groups in total. The largest absolute Gasteiger partial charge is 0.330 e. The summed E-state index contributed by atoms with van der Waals surface area (Å²) in [6.07, 6.45) is 2.00. The monoisotopic (exact) mass is 218 g/mol. The number of nitrogens with two attached hydrogens (primary N) is 1. The molecule has 0 amide bonds. The van der Waals surface area contributed by atoms with Crippen LogP contribution in [0.2, 0.25) is 0 Å². The second-order valence-electron chi connectivity index (χ2n) is 3.40. The molecule has 0 aliphatic carbocycles. The lowest BCUT2D eigenvalue weighted by Crippen LogP contribution is -2.00. The minimum Gasteiger partial charge on any atom is -0.330 e. The van der Waals surface area contributed by atoms with E-state index in [1.807, 2.05) is 18.2 Å². The zero-order valence-electron chi connectivity index (χ0n) is 8.52. The third-order valence-corrected chi connectivity index (χ3v) is 3.15. The fraction of sp³-hybridized carbons (Fsp3) is 0.250. The van der Waals surface area contributed by atoms with Gasteiger partial charge in [0.05, 0.1) is 5.69 Å². The van der Waals surface area contributed by atoms with Gasteiger partial charge in [0, 0.05) is 10.9 Å². The third-order valence-electron chi connectivity index (χ3n) is 2.21. The fourth-order valence-electron chi connectivity index (χ4n) is 1.42. The number of hydrogen-bond donors (Lipinski definition) is 1. The highest BCUT2D eigenvalue weighted by molar-refractivity contribution is 7.13. The fourth-order valence-corrected chi connectivity index (χ4v) is 2.28. The third kappa shape index (κ3) is 2.64. The van der Waals surface area contributed by atoms with Gasteiger partial charge in [-0.05, 0) is 19.4 Å². The van der Waals surface area contributed by atoms with Gasteiger partial charge in [-0.3, -0.25) is 0 Å². The van der Waals surface area contributed by atoms with Crippen LogP contribution in [0.4, 0.5) is 0 Å². The van der Waals surface area contributed by atoms with Crippen LogP contribution in [0.15, 0.2) is 35.7 Å². The first-order valence-electron chi connectivity index (χ1n) is 5.10. The molecule has 0 saturated carbocycles. The topological polar surface area (TPSA) is 38.9 Å². The van der Waals surface area contributed by atoms with E-state index in [1.165, 1.54) is 5.56 Å². The van der Waals surface area contributed by atoms with Crippen molar-refractivity contribution in [1.82, 2.24) is 4.98 Å². The molecule has 0 aliphatic heterocycles. The van der Waals surface area contributed by atoms with Crippen LogP contribution in [0.3, 0.4) is 0 Å². The highest BCUT2D eigenvalue weighted by atomic mass is 32.1. The average molecular weight is 218 g/mol. The van der Waals surface area contributed by atoms with Gasteiger partial charge < -0.3 is 5.73 Å². The van der Waals surface area contributed by atoms with Crippen molar-refractivity contribution in [3.63, 3.8) is 0 Å². The van der Waals surface area contributed by atoms with Crippen molar-refractivity contribution in [2.45, 2.75) is 12.8 Å². The Balaban J connectivity index is 2.14. The molecule has 15 heavy (non-hydrogen) atoms. The molecule has 3 heteroatoms. The molecular formula is C12H14N2S. The summed E-state index contributed by atoms with van der Waals surface area (Å²) < 4.78 is 0. The van der Waals surface area contributed by atoms with Crippen LogP contribution >= 0.6 is 11.3 Å². The maximum atomic E-state index is 5.47. The van der Waals surface area contributed by atoms with Gasteiger partial charge in [-0.2, -0.15) is 0 Å². The standard InChI is InChI=1S/C12H14N2S/c13-8-4-7-11-9-15-12(14-11)10-5-2-1-3-6-10/h1-3,5-6,9H,4,7-8,13H2. The molecule has 78 valence electrons. The number of aromatic nitrogens is 1. The van der Waals surface area contributed by atoms with Crippen LogP contribution < -0.4 is 5.73 Å². The van der Waals surface area contributed by atoms with Crippen molar-refractivity contribution in [2.24, 2.45) is 5.73 Å². The van der Waals surface area contributed by atoms with Crippen molar-refractivity contribution in [3.05, 3.63) is 41.4 Å². The first-order chi connectivity index (χ1) is 7.40. The zero-order valence-corrected chi connectivity index (χ0v) is 9.33. The van der Waals surface area contributed by atoms with Gasteiger partial charge in [0.25, 0.3) is 0 Å². The van der Waals surface area contributed by atoms with E-state index in [0.717, 1.165) is 30.1 Å². The van der Waals surface area contributed by atoms with Crippen molar-refractivity contribution >= 4 is 11.3 Å². The van der Waals surface area contributed by atoms with Gasteiger partial charge in [0.1, 0.15) is 5.01 Å². The minimum atomic E-state index is 0.734. The molecule has 0 spiro atoms. The van der Waals surface area contributed by atoms with Crippen molar-refractivity contribution in [2.75, 3.05) is 6.54 Å². The molecule has 2 nitrogen and oxygen atoms in total. The van der Waals surface area contributed by atoms with Gasteiger partial charge in [0.2, 0.25) is 0 Å². The Morgan fingerprint density at radius 2 is 2.00 bits per heavy atom. The summed E-state index contributed by atoms with van der Waals surface area (Å²) in [7, 11) is 0. The number of rotatable bonds is 4. The number of aryl methyl sites for hydroxylation is 1. The Hall–Kier alpha value is -1.19. The summed E-state index contributed by atoms with van der Waals surface area (Å²) in [6, 6.07) is 10.3. The first kappa shape index (κ1) is 10.3. The van der Waals surface area contributed by atoms with E-state index >= 15 is 0 Å². The molecule has 0 atom stereocenters. The lowest BCUT2D eigenvalue weighted by atomic mass is 10.2. The molecular weight excluding hydrogens is 204 g/mol. The molecule has 0 fully saturated rings. The van der Waals surface area contributed by atoms with E-state index in [9.17, 15) is 0 Å². The highest BCUT2D eigenvalue weighted by Crippen LogP contribution is 2.23. The van der Waals surface area contributed by atoms with Gasteiger partial charge in [0.15, 0.2) is 0 Å². The summed E-state index contributed by atoms with van der Waals surface area (Å²) in [5, 5.41) is 3.22. The quantitative estimate of drug-likeness (QED) is 0.857. The second-order valence-corrected chi connectivity index (χ2v) is 4.26. The Morgan fingerprint density at radius 1 is 1.20 bits per heavy atom. The molecule has 2 rings (SSSR count). The molecule has 0 unspecified atom stereocenters. The van der Waals surface area contributed by atoms with Crippen LogP contribution in [0.25, 0.3) is 10.6 Å². The van der Waals surface area contributed by atoms with Gasteiger partial charge in [-0.15, -0.1) is 11.3 Å². The molecule has 1 aromatic heterocycles. The maximum absolute atomic E-state index is 5.47. The summed E-state index contributed by atoms with van der Waals surface area (Å²) in [6.45, 7) is 0.734. The lowest BCUT2D eigenvalue weighted by molar-refractivity contribution is 0.816.